The Hall–Kier alpha value is -1.06. The molecule has 0 aromatic heterocycles. The van der Waals surface area contributed by atoms with E-state index in [1.807, 2.05) is 0 Å². The summed E-state index contributed by atoms with van der Waals surface area (Å²) in [4.78, 5) is 0. The zero-order valence-corrected chi connectivity index (χ0v) is 23.9. The van der Waals surface area contributed by atoms with E-state index < -0.39 is 8.32 Å². The molecule has 31 heavy (non-hydrogen) atoms. The maximum atomic E-state index is 6.56. The molecule has 0 fully saturated rings. The molecule has 0 radical (unpaired) electrons. The number of hydrogen-bond donors (Lipinski definition) is 0. The fourth-order valence-electron chi connectivity index (χ4n) is 3.74. The van der Waals surface area contributed by atoms with Crippen LogP contribution in [0.25, 0.3) is 16.5 Å². The second-order valence-electron chi connectivity index (χ2n) is 8.51. The quantitative estimate of drug-likeness (QED) is 0.350. The second-order valence-corrected chi connectivity index (χ2v) is 15.4. The number of ether oxygens (including phenoxy) is 1. The van der Waals surface area contributed by atoms with E-state index in [4.69, 9.17) is 9.16 Å². The molecule has 0 saturated carbocycles. The number of fused-ring (bicyclic) bond motifs is 2. The van der Waals surface area contributed by atoms with Gasteiger partial charge in [0.1, 0.15) is 5.76 Å². The largest absolute Gasteiger partial charge is 1.00 e. The van der Waals surface area contributed by atoms with Crippen LogP contribution in [0.1, 0.15) is 36.5 Å². The number of methoxy groups -OCH3 is 1. The summed E-state index contributed by atoms with van der Waals surface area (Å²) in [6, 6.07) is 21.5. The van der Waals surface area contributed by atoms with Gasteiger partial charge in [-0.05, 0) is 25.2 Å². The molecule has 164 valence electrons. The molecule has 2 nitrogen and oxygen atoms in total. The van der Waals surface area contributed by atoms with Gasteiger partial charge in [-0.25, -0.2) is 0 Å². The van der Waals surface area contributed by atoms with Gasteiger partial charge in [-0.15, -0.1) is 40.6 Å². The molecule has 1 aliphatic carbocycles. The molecule has 4 rings (SSSR count). The van der Waals surface area contributed by atoms with Gasteiger partial charge in [0.25, 0.3) is 0 Å². The molecule has 0 amide bonds. The topological polar surface area (TPSA) is 18.5 Å². The average molecular weight is 552 g/mol. The molecule has 0 spiro atoms. The van der Waals surface area contributed by atoms with Crippen molar-refractivity contribution in [2.45, 2.75) is 39.4 Å². The molecule has 0 bridgehead atoms. The minimum atomic E-state index is -1.78. The Balaban J connectivity index is 0.000000741. The van der Waals surface area contributed by atoms with Crippen molar-refractivity contribution >= 4 is 28.1 Å². The molecule has 0 aliphatic heterocycles. The Morgan fingerprint density at radius 1 is 0.935 bits per heavy atom. The first-order chi connectivity index (χ1) is 13.7. The molecule has 1 atom stereocenters. The van der Waals surface area contributed by atoms with Gasteiger partial charge in [-0.2, -0.15) is 6.07 Å². The van der Waals surface area contributed by atoms with Crippen molar-refractivity contribution in [3.05, 3.63) is 83.1 Å². The van der Waals surface area contributed by atoms with Crippen molar-refractivity contribution in [1.29, 1.82) is 0 Å². The van der Waals surface area contributed by atoms with E-state index in [9.17, 15) is 0 Å². The summed E-state index contributed by atoms with van der Waals surface area (Å²) in [5.41, 5.74) is 3.71. The van der Waals surface area contributed by atoms with Crippen LogP contribution in [0.5, 0.6) is 0 Å². The maximum Gasteiger partial charge on any atom is -1.00 e. The Morgan fingerprint density at radius 3 is 2.13 bits per heavy atom. The number of allylic oxidation sites excluding steroid dienone is 1. The summed E-state index contributed by atoms with van der Waals surface area (Å²) in [6.07, 6.45) is 0. The van der Waals surface area contributed by atoms with E-state index >= 15 is 0 Å². The molecule has 3 aromatic rings. The average Bonchev–Trinajstić information content (AvgIpc) is 3.18. The van der Waals surface area contributed by atoms with Gasteiger partial charge in [-0.1, -0.05) is 30.3 Å². The Labute approximate surface area is 214 Å². The van der Waals surface area contributed by atoms with E-state index in [0.29, 0.717) is 0 Å². The normalized spacial score (nSPS) is 14.6. The summed E-state index contributed by atoms with van der Waals surface area (Å²) in [5, 5.41) is 2.56. The van der Waals surface area contributed by atoms with Crippen LogP contribution in [0.2, 0.25) is 19.6 Å². The first-order valence-corrected chi connectivity index (χ1v) is 14.6. The van der Waals surface area contributed by atoms with Gasteiger partial charge in [0.05, 0.1) is 7.11 Å². The molecule has 1 aliphatic rings. The van der Waals surface area contributed by atoms with Crippen molar-refractivity contribution < 1.29 is 58.2 Å². The second kappa shape index (κ2) is 11.7. The monoisotopic (exact) mass is 549 g/mol. The fraction of sp³-hybridized carbons (Fsp3) is 0.280. The van der Waals surface area contributed by atoms with Gasteiger partial charge in [0, 0.05) is 11.5 Å². The maximum absolute atomic E-state index is 6.56. The summed E-state index contributed by atoms with van der Waals surface area (Å²) in [6.45, 7) is 10.9. The summed E-state index contributed by atoms with van der Waals surface area (Å²) < 4.78 is 13.9. The Bertz CT molecular complexity index is 1060. The van der Waals surface area contributed by atoms with Crippen molar-refractivity contribution in [2.75, 3.05) is 7.11 Å². The zero-order valence-electron chi connectivity index (χ0n) is 18.9. The third kappa shape index (κ3) is 6.48. The molecule has 6 heteroatoms. The van der Waals surface area contributed by atoms with E-state index in [0.717, 1.165) is 17.1 Å². The minimum Gasteiger partial charge on any atom is -1.00 e. The first-order valence-electron chi connectivity index (χ1n) is 9.95. The van der Waals surface area contributed by atoms with Crippen molar-refractivity contribution in [3.63, 3.8) is 0 Å². The Morgan fingerprint density at radius 2 is 1.52 bits per heavy atom. The van der Waals surface area contributed by atoms with E-state index in [1.165, 1.54) is 25.1 Å². The summed E-state index contributed by atoms with van der Waals surface area (Å²) in [7, 11) is -0.0379. The fourth-order valence-corrected chi connectivity index (χ4v) is 4.61. The van der Waals surface area contributed by atoms with Gasteiger partial charge in [0.2, 0.25) is 8.32 Å². The van der Waals surface area contributed by atoms with Gasteiger partial charge in [-0.3, -0.25) is 0 Å². The van der Waals surface area contributed by atoms with Crippen LogP contribution in [0.3, 0.4) is 0 Å². The molecule has 0 heterocycles. The number of halogens is 2. The third-order valence-corrected chi connectivity index (χ3v) is 5.48. The third-order valence-electron chi connectivity index (χ3n) is 4.65. The van der Waals surface area contributed by atoms with Crippen LogP contribution < -0.4 is 24.8 Å². The van der Waals surface area contributed by atoms with Gasteiger partial charge in [0.15, 0.2) is 5.76 Å². The van der Waals surface area contributed by atoms with Crippen molar-refractivity contribution in [3.8, 4) is 0 Å². The molecule has 0 saturated heterocycles. The van der Waals surface area contributed by atoms with E-state index in [2.05, 4.69) is 94.2 Å². The van der Waals surface area contributed by atoms with Crippen LogP contribution in [0.15, 0.2) is 66.4 Å². The minimum absolute atomic E-state index is 0. The van der Waals surface area contributed by atoms with E-state index in [-0.39, 0.29) is 30.7 Å². The zero-order chi connectivity index (χ0) is 21.2. The molecular formula is C25H29Cl2O2SiZr-. The molecule has 1 unspecified atom stereocenters. The molecule has 0 N–H and O–H groups in total. The van der Waals surface area contributed by atoms with Crippen molar-refractivity contribution in [2.24, 2.45) is 0 Å². The predicted molar refractivity (Wildman–Crippen MR) is 123 cm³/mol. The number of hydrogen-bond acceptors (Lipinski definition) is 2. The van der Waals surface area contributed by atoms with Crippen LogP contribution in [-0.2, 0) is 33.4 Å². The number of rotatable bonds is 4. The summed E-state index contributed by atoms with van der Waals surface area (Å²) >= 11 is 1.55. The smallest absolute Gasteiger partial charge is 1.00 e. The SMILES string of the molecule is COC1=C(O[Si](C)(C)C)C([c-]2ccc3ccccc32)c2ccccc21.C[C](C)=[Zr+2].[Cl-].[Cl-]. The molecule has 3 aromatic carbocycles. The van der Waals surface area contributed by atoms with Crippen LogP contribution >= 0.6 is 0 Å². The van der Waals surface area contributed by atoms with Gasteiger partial charge >= 0.3 is 41.3 Å². The molecular weight excluding hydrogens is 522 g/mol. The predicted octanol–water partition coefficient (Wildman–Crippen LogP) is 0.624. The Kier molecular flexibility index (Phi) is 10.6. The van der Waals surface area contributed by atoms with Crippen LogP contribution in [0.4, 0.5) is 0 Å². The summed E-state index contributed by atoms with van der Waals surface area (Å²) in [5.74, 6) is 1.95. The van der Waals surface area contributed by atoms with E-state index in [1.54, 1.807) is 31.3 Å². The standard InChI is InChI=1S/C22H23O2Si.C3H6.2ClH.Zr/c1-23-21-19-12-8-7-11-17(19)20(22(21)24-25(2,3)4)18-14-13-15-9-5-6-10-16(15)18;1-3-2;;;/h5-14,20H,1-4H3;1-2H3;2*1H;/q-1;;;;+2/p-2. The number of benzene rings is 2. The van der Waals surface area contributed by atoms with Crippen LogP contribution in [-0.4, -0.2) is 18.6 Å². The van der Waals surface area contributed by atoms with Crippen LogP contribution in [0, 0.1) is 0 Å². The van der Waals surface area contributed by atoms with Crippen molar-refractivity contribution in [1.82, 2.24) is 0 Å². The first kappa shape index (κ1) is 28.0. The van der Waals surface area contributed by atoms with Gasteiger partial charge < -0.3 is 34.0 Å².